The first-order valence-corrected chi connectivity index (χ1v) is 8.21. The standard InChI is InChI=1S/C22H14N2O/c25-22-17-11-4-6-12-19(17)23-21-18(14-15-8-2-1-3-9-15)16-10-5-7-13-20(16)24(21)22/h1-14H/b18-14+. The molecule has 2 aromatic heterocycles. The van der Waals surface area contributed by atoms with Gasteiger partial charge >= 0.3 is 0 Å². The Balaban J connectivity index is 2.06. The zero-order valence-corrected chi connectivity index (χ0v) is 13.4. The summed E-state index contributed by atoms with van der Waals surface area (Å²) in [5.41, 5.74) is 3.38. The van der Waals surface area contributed by atoms with Crippen LogP contribution in [0.4, 0.5) is 0 Å². The van der Waals surface area contributed by atoms with Gasteiger partial charge in [-0.25, -0.2) is 4.98 Å². The maximum absolute atomic E-state index is 13.1. The minimum Gasteiger partial charge on any atom is -0.268 e. The van der Waals surface area contributed by atoms with Crippen molar-refractivity contribution in [2.75, 3.05) is 0 Å². The molecular formula is C22H14N2O. The Morgan fingerprint density at radius 2 is 1.44 bits per heavy atom. The van der Waals surface area contributed by atoms with Gasteiger partial charge in [-0.1, -0.05) is 60.7 Å². The molecule has 5 aromatic rings. The average molecular weight is 322 g/mol. The zero-order chi connectivity index (χ0) is 16.8. The van der Waals surface area contributed by atoms with Crippen LogP contribution in [0.3, 0.4) is 0 Å². The van der Waals surface area contributed by atoms with E-state index in [2.05, 4.69) is 18.2 Å². The molecule has 5 rings (SSSR count). The van der Waals surface area contributed by atoms with Gasteiger partial charge in [-0.2, -0.15) is 0 Å². The molecule has 2 heterocycles. The molecule has 3 aromatic carbocycles. The van der Waals surface area contributed by atoms with E-state index in [1.54, 1.807) is 4.40 Å². The molecule has 0 atom stereocenters. The molecule has 0 spiro atoms. The van der Waals surface area contributed by atoms with Crippen LogP contribution in [0.5, 0.6) is 0 Å². The number of hydrogen-bond donors (Lipinski definition) is 0. The maximum Gasteiger partial charge on any atom is 0.266 e. The lowest BCUT2D eigenvalue weighted by molar-refractivity contribution is 1.14. The quantitative estimate of drug-likeness (QED) is 0.473. The molecule has 0 bridgehead atoms. The number of benzene rings is 3. The fraction of sp³-hybridized carbons (Fsp3) is 0. The second-order valence-electron chi connectivity index (χ2n) is 6.08. The molecule has 118 valence electrons. The first kappa shape index (κ1) is 13.9. The Hall–Kier alpha value is -3.46. The zero-order valence-electron chi connectivity index (χ0n) is 13.4. The fourth-order valence-electron chi connectivity index (χ4n) is 3.41. The van der Waals surface area contributed by atoms with Crippen LogP contribution < -0.4 is 10.8 Å². The van der Waals surface area contributed by atoms with Crippen molar-refractivity contribution in [3.8, 4) is 0 Å². The van der Waals surface area contributed by atoms with Crippen molar-refractivity contribution in [2.45, 2.75) is 0 Å². The summed E-state index contributed by atoms with van der Waals surface area (Å²) in [6, 6.07) is 25.6. The predicted molar refractivity (Wildman–Crippen MR) is 102 cm³/mol. The molecule has 0 aliphatic carbocycles. The van der Waals surface area contributed by atoms with E-state index >= 15 is 0 Å². The van der Waals surface area contributed by atoms with Crippen molar-refractivity contribution >= 4 is 33.5 Å². The molecule has 0 unspecified atom stereocenters. The maximum atomic E-state index is 13.1. The first-order valence-electron chi connectivity index (χ1n) is 8.21. The summed E-state index contributed by atoms with van der Waals surface area (Å²) in [4.78, 5) is 17.9. The van der Waals surface area contributed by atoms with Gasteiger partial charge in [0.1, 0.15) is 5.65 Å². The summed E-state index contributed by atoms with van der Waals surface area (Å²) >= 11 is 0. The molecule has 0 N–H and O–H groups in total. The third kappa shape index (κ3) is 2.06. The Kier molecular flexibility index (Phi) is 2.94. The minimum absolute atomic E-state index is 0.0236. The molecule has 0 saturated heterocycles. The highest BCUT2D eigenvalue weighted by atomic mass is 16.1. The predicted octanol–water partition coefficient (Wildman–Crippen LogP) is 3.55. The smallest absolute Gasteiger partial charge is 0.266 e. The van der Waals surface area contributed by atoms with Crippen LogP contribution in [-0.4, -0.2) is 9.38 Å². The topological polar surface area (TPSA) is 34.4 Å². The van der Waals surface area contributed by atoms with Gasteiger partial charge in [0.05, 0.1) is 16.4 Å². The van der Waals surface area contributed by atoms with Crippen LogP contribution >= 0.6 is 0 Å². The van der Waals surface area contributed by atoms with Gasteiger partial charge in [-0.05, 0) is 29.8 Å². The van der Waals surface area contributed by atoms with Crippen molar-refractivity contribution in [3.63, 3.8) is 0 Å². The van der Waals surface area contributed by atoms with Gasteiger partial charge < -0.3 is 0 Å². The number of nitrogens with zero attached hydrogens (tertiary/aromatic N) is 2. The van der Waals surface area contributed by atoms with Crippen LogP contribution in [0, 0.1) is 0 Å². The van der Waals surface area contributed by atoms with Gasteiger partial charge in [-0.15, -0.1) is 0 Å². The lowest BCUT2D eigenvalue weighted by Gasteiger charge is -1.99. The van der Waals surface area contributed by atoms with E-state index < -0.39 is 0 Å². The summed E-state index contributed by atoms with van der Waals surface area (Å²) in [5, 5.41) is 2.65. The number of rotatable bonds is 1. The Morgan fingerprint density at radius 3 is 2.28 bits per heavy atom. The van der Waals surface area contributed by atoms with Gasteiger partial charge in [0.2, 0.25) is 0 Å². The molecule has 3 nitrogen and oxygen atoms in total. The Labute approximate surface area is 143 Å². The van der Waals surface area contributed by atoms with Crippen LogP contribution in [0.1, 0.15) is 5.56 Å². The molecule has 25 heavy (non-hydrogen) atoms. The Bertz CT molecular complexity index is 1350. The van der Waals surface area contributed by atoms with E-state index in [1.165, 1.54) is 0 Å². The summed E-state index contributed by atoms with van der Waals surface area (Å²) in [7, 11) is 0. The van der Waals surface area contributed by atoms with E-state index in [4.69, 9.17) is 4.98 Å². The van der Waals surface area contributed by atoms with Gasteiger partial charge in [-0.3, -0.25) is 9.20 Å². The molecule has 0 aliphatic rings. The molecule has 3 heteroatoms. The van der Waals surface area contributed by atoms with Gasteiger partial charge in [0, 0.05) is 10.6 Å². The lowest BCUT2D eigenvalue weighted by atomic mass is 10.1. The van der Waals surface area contributed by atoms with E-state index in [1.807, 2.05) is 66.7 Å². The number of para-hydroxylation sites is 2. The largest absolute Gasteiger partial charge is 0.268 e. The van der Waals surface area contributed by atoms with Crippen LogP contribution in [0.25, 0.3) is 33.5 Å². The van der Waals surface area contributed by atoms with Gasteiger partial charge in [0.25, 0.3) is 5.56 Å². The van der Waals surface area contributed by atoms with E-state index in [0.717, 1.165) is 27.2 Å². The van der Waals surface area contributed by atoms with Crippen molar-refractivity contribution < 1.29 is 0 Å². The highest BCUT2D eigenvalue weighted by molar-refractivity contribution is 5.91. The van der Waals surface area contributed by atoms with Crippen LogP contribution in [0.15, 0.2) is 83.7 Å². The highest BCUT2D eigenvalue weighted by Crippen LogP contribution is 2.16. The lowest BCUT2D eigenvalue weighted by Crippen LogP contribution is -2.16. The van der Waals surface area contributed by atoms with E-state index in [-0.39, 0.29) is 5.56 Å². The van der Waals surface area contributed by atoms with Crippen molar-refractivity contribution in [2.24, 2.45) is 0 Å². The molecule has 0 aliphatic heterocycles. The first-order chi connectivity index (χ1) is 12.3. The van der Waals surface area contributed by atoms with E-state index in [0.29, 0.717) is 11.0 Å². The minimum atomic E-state index is -0.0236. The highest BCUT2D eigenvalue weighted by Gasteiger charge is 2.12. The third-order valence-electron chi connectivity index (χ3n) is 4.56. The summed E-state index contributed by atoms with van der Waals surface area (Å²) < 4.78 is 1.73. The summed E-state index contributed by atoms with van der Waals surface area (Å²) in [6.07, 6.45) is 2.10. The molecule has 0 radical (unpaired) electrons. The normalized spacial score (nSPS) is 12.4. The number of aromatic nitrogens is 2. The molecule has 0 saturated carbocycles. The van der Waals surface area contributed by atoms with Gasteiger partial charge in [0.15, 0.2) is 0 Å². The number of fused-ring (bicyclic) bond motifs is 4. The summed E-state index contributed by atoms with van der Waals surface area (Å²) in [6.45, 7) is 0. The molecular weight excluding hydrogens is 308 g/mol. The second-order valence-corrected chi connectivity index (χ2v) is 6.08. The third-order valence-corrected chi connectivity index (χ3v) is 4.56. The molecule has 0 fully saturated rings. The van der Waals surface area contributed by atoms with E-state index in [9.17, 15) is 4.79 Å². The summed E-state index contributed by atoms with van der Waals surface area (Å²) in [5.74, 6) is 0. The average Bonchev–Trinajstić information content (AvgIpc) is 2.97. The number of hydrogen-bond acceptors (Lipinski definition) is 2. The van der Waals surface area contributed by atoms with Crippen molar-refractivity contribution in [1.82, 2.24) is 9.38 Å². The molecule has 0 amide bonds. The monoisotopic (exact) mass is 322 g/mol. The second kappa shape index (κ2) is 5.28. The Morgan fingerprint density at radius 1 is 0.760 bits per heavy atom. The van der Waals surface area contributed by atoms with Crippen LogP contribution in [0.2, 0.25) is 0 Å². The van der Waals surface area contributed by atoms with Crippen molar-refractivity contribution in [1.29, 1.82) is 0 Å². The van der Waals surface area contributed by atoms with Crippen molar-refractivity contribution in [3.05, 3.63) is 100.0 Å². The van der Waals surface area contributed by atoms with Crippen LogP contribution in [-0.2, 0) is 0 Å². The fourth-order valence-corrected chi connectivity index (χ4v) is 3.41. The SMILES string of the molecule is O=c1c2ccccc2nc2/c(=C/c3ccccc3)c3ccccc3n12.